The lowest BCUT2D eigenvalue weighted by atomic mass is 9.68. The summed E-state index contributed by atoms with van der Waals surface area (Å²) in [6, 6.07) is 128. The van der Waals surface area contributed by atoms with Gasteiger partial charge in [-0.3, -0.25) is 0 Å². The lowest BCUT2D eigenvalue weighted by Gasteiger charge is -2.32. The Morgan fingerprint density at radius 1 is 0.155 bits per heavy atom. The molecule has 23 aromatic rings. The molecule has 27 rings (SSSR count). The van der Waals surface area contributed by atoms with Crippen LogP contribution in [0.3, 0.4) is 0 Å². The van der Waals surface area contributed by atoms with E-state index in [4.69, 9.17) is 17.7 Å². The fourth-order valence-electron chi connectivity index (χ4n) is 21.7. The van der Waals surface area contributed by atoms with E-state index in [0.29, 0.717) is 0 Å². The van der Waals surface area contributed by atoms with E-state index in [0.717, 1.165) is 132 Å². The quantitative estimate of drug-likeness (QED) is 0.130. The van der Waals surface area contributed by atoms with Gasteiger partial charge in [-0.1, -0.05) is 279 Å². The monoisotopic (exact) mass is 1390 g/mol. The lowest BCUT2D eigenvalue weighted by Crippen LogP contribution is -2.26. The van der Waals surface area contributed by atoms with Crippen molar-refractivity contribution in [3.8, 4) is 89.0 Å². The number of benzene rings is 19. The predicted octanol–water partition coefficient (Wildman–Crippen LogP) is 28.7. The van der Waals surface area contributed by atoms with Gasteiger partial charge in [0.1, 0.15) is 44.7 Å². The average Bonchev–Trinajstić information content (AvgIpc) is 1.48. The maximum atomic E-state index is 6.90. The van der Waals surface area contributed by atoms with E-state index in [1.54, 1.807) is 0 Å². The van der Waals surface area contributed by atoms with Crippen molar-refractivity contribution in [1.82, 2.24) is 0 Å². The number of hydrogen-bond acceptors (Lipinski definition) is 4. The first-order chi connectivity index (χ1) is 54.5. The first-order valence-electron chi connectivity index (χ1n) is 38.2. The SMILES string of the molecule is c1ccc2c(c1)-c1c(cc3c4cccc5c6c(cc(c7cccc1c73)c54)C1(c3cc(-c4cccc5c4oc4ccccc45)ccc3-c3ccc(-c4cccc5c4oc4ccccc45)cc31)c1ccccc1-6)C21c2cc(-c3cccc4c3oc3ccccc34)ccc2-c2ccc(-c3cccc4c3oc3ccccc34)cc21. The molecule has 2 spiro atoms. The molecule has 0 atom stereocenters. The van der Waals surface area contributed by atoms with E-state index >= 15 is 0 Å². The van der Waals surface area contributed by atoms with Crippen LogP contribution in [0.5, 0.6) is 0 Å². The van der Waals surface area contributed by atoms with Crippen LogP contribution in [-0.4, -0.2) is 0 Å². The molecule has 4 heterocycles. The standard InChI is InChI=1S/C106H56O4/c1-7-37-85-79(23-1)99-81-35-17-29-73-84-56-92-100(80-24-2-8-38-86(80)106(92)89-53-59(63-27-15-33-77-71-21-5-11-41-95(71)109-103(63)77)45-49-67(89)68-50-46-60(54-90(68)106)64-28-16-34-78-72-22-6-12-42-96(72)110-104(64)78)82-36-18-30-74(98(82)84)83(97(73)81)55-91(99)105(85)87-51-57(61-25-13-31-75-69-19-3-9-39-93(69)107-101(61)75)43-47-65(87)66-48-44-58(52-88(66)105)62-26-14-32-76-70-20-4-10-40-94(70)108-102(62)76/h1-56H. The van der Waals surface area contributed by atoms with Gasteiger partial charge >= 0.3 is 0 Å². The molecule has 0 fully saturated rings. The molecule has 110 heavy (non-hydrogen) atoms. The van der Waals surface area contributed by atoms with Crippen LogP contribution in [-0.2, 0) is 10.8 Å². The highest BCUT2D eigenvalue weighted by molar-refractivity contribution is 6.37. The molecule has 0 saturated heterocycles. The molecule has 4 nitrogen and oxygen atoms in total. The van der Waals surface area contributed by atoms with Gasteiger partial charge in [0.15, 0.2) is 0 Å². The molecule has 0 unspecified atom stereocenters. The minimum absolute atomic E-state index is 0.781. The molecule has 19 aromatic carbocycles. The van der Waals surface area contributed by atoms with Crippen LogP contribution in [0.25, 0.3) is 220 Å². The summed E-state index contributed by atoms with van der Waals surface area (Å²) < 4.78 is 27.6. The summed E-state index contributed by atoms with van der Waals surface area (Å²) in [5.74, 6) is 0. The van der Waals surface area contributed by atoms with E-state index in [-0.39, 0.29) is 0 Å². The Hall–Kier alpha value is -14.3. The normalized spacial score (nSPS) is 14.0. The van der Waals surface area contributed by atoms with Gasteiger partial charge in [-0.15, -0.1) is 0 Å². The topological polar surface area (TPSA) is 52.6 Å². The van der Waals surface area contributed by atoms with Crippen molar-refractivity contribution in [2.24, 2.45) is 0 Å². The Balaban J connectivity index is 0.743. The summed E-state index contributed by atoms with van der Waals surface area (Å²) in [4.78, 5) is 0. The van der Waals surface area contributed by atoms with Crippen LogP contribution >= 0.6 is 0 Å². The molecule has 4 aliphatic rings. The number of hydrogen-bond donors (Lipinski definition) is 0. The third-order valence-corrected chi connectivity index (χ3v) is 26.0. The van der Waals surface area contributed by atoms with Gasteiger partial charge in [-0.05, 0) is 215 Å². The molecule has 0 saturated carbocycles. The summed E-state index contributed by atoms with van der Waals surface area (Å²) in [6.45, 7) is 0. The summed E-state index contributed by atoms with van der Waals surface area (Å²) in [6.07, 6.45) is 0. The number of fused-ring (bicyclic) bond motifs is 36. The lowest BCUT2D eigenvalue weighted by molar-refractivity contribution is 0.669. The Bertz CT molecular complexity index is 7380. The molecular formula is C106H56O4. The zero-order valence-electron chi connectivity index (χ0n) is 59.0. The fourth-order valence-corrected chi connectivity index (χ4v) is 21.7. The molecule has 504 valence electrons. The zero-order valence-corrected chi connectivity index (χ0v) is 59.0. The molecule has 0 aliphatic heterocycles. The number of para-hydroxylation sites is 8. The van der Waals surface area contributed by atoms with Crippen LogP contribution in [0.1, 0.15) is 44.5 Å². The molecule has 4 aromatic heterocycles. The maximum absolute atomic E-state index is 6.90. The molecule has 0 bridgehead atoms. The predicted molar refractivity (Wildman–Crippen MR) is 451 cm³/mol. The first-order valence-corrected chi connectivity index (χ1v) is 38.2. The van der Waals surface area contributed by atoms with Crippen molar-refractivity contribution in [1.29, 1.82) is 0 Å². The summed E-state index contributed by atoms with van der Waals surface area (Å²) in [5.41, 5.74) is 34.3. The second-order valence-corrected chi connectivity index (χ2v) is 30.9. The Labute approximate surface area is 628 Å². The minimum Gasteiger partial charge on any atom is -0.455 e. The highest BCUT2D eigenvalue weighted by Gasteiger charge is 2.55. The molecule has 0 radical (unpaired) electrons. The average molecular weight is 1390 g/mol. The molecular weight excluding hydrogens is 1340 g/mol. The molecule has 0 N–H and O–H groups in total. The molecule has 4 aliphatic carbocycles. The van der Waals surface area contributed by atoms with Gasteiger partial charge in [-0.25, -0.2) is 0 Å². The van der Waals surface area contributed by atoms with Gasteiger partial charge in [0.05, 0.1) is 10.8 Å². The van der Waals surface area contributed by atoms with Crippen molar-refractivity contribution in [3.63, 3.8) is 0 Å². The van der Waals surface area contributed by atoms with Gasteiger partial charge in [0.2, 0.25) is 0 Å². The van der Waals surface area contributed by atoms with Crippen molar-refractivity contribution in [2.45, 2.75) is 10.8 Å². The third-order valence-electron chi connectivity index (χ3n) is 26.0. The van der Waals surface area contributed by atoms with E-state index in [1.165, 1.54) is 132 Å². The van der Waals surface area contributed by atoms with Gasteiger partial charge in [0.25, 0.3) is 0 Å². The Morgan fingerprint density at radius 3 is 0.736 bits per heavy atom. The smallest absolute Gasteiger partial charge is 0.143 e. The summed E-state index contributed by atoms with van der Waals surface area (Å²) in [7, 11) is 0. The van der Waals surface area contributed by atoms with E-state index < -0.39 is 10.8 Å². The second-order valence-electron chi connectivity index (χ2n) is 30.9. The summed E-state index contributed by atoms with van der Waals surface area (Å²) in [5, 5.41) is 18.9. The molecule has 0 amide bonds. The molecule has 4 heteroatoms. The third kappa shape index (κ3) is 6.97. The Kier molecular flexibility index (Phi) is 10.8. The zero-order chi connectivity index (χ0) is 71.1. The van der Waals surface area contributed by atoms with Gasteiger partial charge in [-0.2, -0.15) is 0 Å². The van der Waals surface area contributed by atoms with E-state index in [1.807, 2.05) is 0 Å². The highest BCUT2D eigenvalue weighted by Crippen LogP contribution is 2.69. The van der Waals surface area contributed by atoms with Crippen molar-refractivity contribution >= 4 is 131 Å². The van der Waals surface area contributed by atoms with Crippen LogP contribution < -0.4 is 0 Å². The van der Waals surface area contributed by atoms with Crippen LogP contribution in [0.2, 0.25) is 0 Å². The van der Waals surface area contributed by atoms with Crippen LogP contribution in [0.15, 0.2) is 357 Å². The van der Waals surface area contributed by atoms with Crippen LogP contribution in [0, 0.1) is 0 Å². The number of rotatable bonds is 4. The van der Waals surface area contributed by atoms with Gasteiger partial charge < -0.3 is 17.7 Å². The highest BCUT2D eigenvalue weighted by atomic mass is 16.3. The van der Waals surface area contributed by atoms with Crippen molar-refractivity contribution in [2.75, 3.05) is 0 Å². The van der Waals surface area contributed by atoms with Crippen molar-refractivity contribution < 1.29 is 17.7 Å². The number of furan rings is 4. The van der Waals surface area contributed by atoms with E-state index in [2.05, 4.69) is 340 Å². The maximum Gasteiger partial charge on any atom is 0.143 e. The Morgan fingerprint density at radius 2 is 0.409 bits per heavy atom. The van der Waals surface area contributed by atoms with E-state index in [9.17, 15) is 0 Å². The van der Waals surface area contributed by atoms with Gasteiger partial charge in [0, 0.05) is 65.3 Å². The minimum atomic E-state index is -0.781. The largest absolute Gasteiger partial charge is 0.455 e. The van der Waals surface area contributed by atoms with Crippen LogP contribution in [0.4, 0.5) is 0 Å². The fraction of sp³-hybridized carbons (Fsp3) is 0.0189. The first kappa shape index (κ1) is 57.9. The van der Waals surface area contributed by atoms with Crippen molar-refractivity contribution in [3.05, 3.63) is 384 Å². The summed E-state index contributed by atoms with van der Waals surface area (Å²) >= 11 is 0. The second kappa shape index (κ2) is 20.4.